The molecule has 0 saturated carbocycles. The van der Waals surface area contributed by atoms with Crippen molar-refractivity contribution in [1.29, 1.82) is 0 Å². The van der Waals surface area contributed by atoms with Gasteiger partial charge in [-0.3, -0.25) is 0 Å². The zero-order chi connectivity index (χ0) is 13.7. The second-order valence-electron chi connectivity index (χ2n) is 4.96. The number of hydrogen-bond acceptors (Lipinski definition) is 4. The summed E-state index contributed by atoms with van der Waals surface area (Å²) in [5, 5.41) is 3.37. The van der Waals surface area contributed by atoms with E-state index in [2.05, 4.69) is 11.4 Å². The molecule has 0 radical (unpaired) electrons. The minimum Gasteiger partial charge on any atom is -0.493 e. The predicted octanol–water partition coefficient (Wildman–Crippen LogP) is 2.09. The Morgan fingerprint density at radius 1 is 1.32 bits per heavy atom. The van der Waals surface area contributed by atoms with Gasteiger partial charge in [-0.1, -0.05) is 6.07 Å². The molecule has 4 heteroatoms. The van der Waals surface area contributed by atoms with Crippen LogP contribution in [-0.2, 0) is 0 Å². The van der Waals surface area contributed by atoms with Crippen LogP contribution in [0.1, 0.15) is 31.4 Å². The molecular formula is C15H24N2O2. The number of rotatable bonds is 5. The van der Waals surface area contributed by atoms with Gasteiger partial charge in [0.25, 0.3) is 0 Å². The minimum absolute atomic E-state index is 0.0756. The third-order valence-corrected chi connectivity index (χ3v) is 3.76. The lowest BCUT2D eigenvalue weighted by molar-refractivity contribution is 0.306. The van der Waals surface area contributed by atoms with E-state index in [1.165, 1.54) is 0 Å². The molecule has 2 rings (SSSR count). The number of benzene rings is 1. The molecule has 1 fully saturated rings. The standard InChI is InChI=1S/C15H24N2O2/c1-3-19-13-5-4-12(10-14(13)18-2)15(16)11-6-8-17-9-7-11/h4-5,10-11,15,17H,3,6-9,16H2,1-2H3/t15-/m1/s1. The average molecular weight is 264 g/mol. The summed E-state index contributed by atoms with van der Waals surface area (Å²) in [4.78, 5) is 0. The molecule has 3 N–H and O–H groups in total. The van der Waals surface area contributed by atoms with Crippen LogP contribution in [0.2, 0.25) is 0 Å². The lowest BCUT2D eigenvalue weighted by Gasteiger charge is -2.28. The zero-order valence-electron chi connectivity index (χ0n) is 11.8. The second-order valence-corrected chi connectivity index (χ2v) is 4.96. The monoisotopic (exact) mass is 264 g/mol. The van der Waals surface area contributed by atoms with Crippen molar-refractivity contribution in [2.24, 2.45) is 11.7 Å². The van der Waals surface area contributed by atoms with Gasteiger partial charge in [-0.05, 0) is 56.5 Å². The van der Waals surface area contributed by atoms with Crippen LogP contribution in [0, 0.1) is 5.92 Å². The average Bonchev–Trinajstić information content (AvgIpc) is 2.48. The Morgan fingerprint density at radius 3 is 2.68 bits per heavy atom. The minimum atomic E-state index is 0.0756. The van der Waals surface area contributed by atoms with Crippen molar-refractivity contribution in [3.8, 4) is 11.5 Å². The maximum Gasteiger partial charge on any atom is 0.161 e. The Morgan fingerprint density at radius 2 is 2.05 bits per heavy atom. The Bertz CT molecular complexity index is 403. The Hall–Kier alpha value is -1.26. The summed E-state index contributed by atoms with van der Waals surface area (Å²) >= 11 is 0. The van der Waals surface area contributed by atoms with Crippen LogP contribution in [0.5, 0.6) is 11.5 Å². The van der Waals surface area contributed by atoms with E-state index in [9.17, 15) is 0 Å². The summed E-state index contributed by atoms with van der Waals surface area (Å²) in [6, 6.07) is 6.10. The van der Waals surface area contributed by atoms with Crippen LogP contribution in [0.25, 0.3) is 0 Å². The Labute approximate surface area is 115 Å². The van der Waals surface area contributed by atoms with Crippen LogP contribution in [-0.4, -0.2) is 26.8 Å². The fourth-order valence-corrected chi connectivity index (χ4v) is 2.64. The lowest BCUT2D eigenvalue weighted by atomic mass is 9.86. The van der Waals surface area contributed by atoms with E-state index >= 15 is 0 Å². The zero-order valence-corrected chi connectivity index (χ0v) is 11.8. The first-order valence-electron chi connectivity index (χ1n) is 7.03. The number of nitrogens with two attached hydrogens (primary N) is 1. The van der Waals surface area contributed by atoms with Crippen molar-refractivity contribution < 1.29 is 9.47 Å². The second kappa shape index (κ2) is 6.78. The number of nitrogens with one attached hydrogen (secondary N) is 1. The highest BCUT2D eigenvalue weighted by atomic mass is 16.5. The van der Waals surface area contributed by atoms with Crippen molar-refractivity contribution in [3.63, 3.8) is 0 Å². The fraction of sp³-hybridized carbons (Fsp3) is 0.600. The van der Waals surface area contributed by atoms with E-state index in [1.54, 1.807) is 7.11 Å². The maximum atomic E-state index is 6.39. The smallest absolute Gasteiger partial charge is 0.161 e. The molecular weight excluding hydrogens is 240 g/mol. The molecule has 0 spiro atoms. The van der Waals surface area contributed by atoms with Crippen LogP contribution in [0.15, 0.2) is 18.2 Å². The maximum absolute atomic E-state index is 6.39. The van der Waals surface area contributed by atoms with Crippen molar-refractivity contribution in [2.75, 3.05) is 26.8 Å². The molecule has 0 aliphatic carbocycles. The van der Waals surface area contributed by atoms with Gasteiger partial charge in [0.1, 0.15) is 0 Å². The van der Waals surface area contributed by atoms with E-state index in [-0.39, 0.29) is 6.04 Å². The van der Waals surface area contributed by atoms with Gasteiger partial charge in [0.2, 0.25) is 0 Å². The highest BCUT2D eigenvalue weighted by molar-refractivity contribution is 5.44. The van der Waals surface area contributed by atoms with Gasteiger partial charge in [0.15, 0.2) is 11.5 Å². The first kappa shape index (κ1) is 14.2. The van der Waals surface area contributed by atoms with Gasteiger partial charge in [-0.15, -0.1) is 0 Å². The molecule has 19 heavy (non-hydrogen) atoms. The fourth-order valence-electron chi connectivity index (χ4n) is 2.64. The normalized spacial score (nSPS) is 18.1. The van der Waals surface area contributed by atoms with Crippen LogP contribution in [0.3, 0.4) is 0 Å². The third kappa shape index (κ3) is 3.39. The Balaban J connectivity index is 2.14. The molecule has 1 aromatic rings. The van der Waals surface area contributed by atoms with Gasteiger partial charge in [0, 0.05) is 6.04 Å². The van der Waals surface area contributed by atoms with Gasteiger partial charge in [-0.2, -0.15) is 0 Å². The van der Waals surface area contributed by atoms with Gasteiger partial charge in [-0.25, -0.2) is 0 Å². The predicted molar refractivity (Wildman–Crippen MR) is 76.7 cm³/mol. The van der Waals surface area contributed by atoms with Crippen LogP contribution < -0.4 is 20.5 Å². The van der Waals surface area contributed by atoms with Gasteiger partial charge < -0.3 is 20.5 Å². The number of hydrogen-bond donors (Lipinski definition) is 2. The molecule has 1 saturated heterocycles. The number of ether oxygens (including phenoxy) is 2. The molecule has 4 nitrogen and oxygen atoms in total. The highest BCUT2D eigenvalue weighted by Crippen LogP contribution is 2.33. The molecule has 1 aromatic carbocycles. The lowest BCUT2D eigenvalue weighted by Crippen LogP contribution is -2.33. The summed E-state index contributed by atoms with van der Waals surface area (Å²) in [6.45, 7) is 4.73. The summed E-state index contributed by atoms with van der Waals surface area (Å²) in [6.07, 6.45) is 2.27. The van der Waals surface area contributed by atoms with E-state index < -0.39 is 0 Å². The summed E-state index contributed by atoms with van der Waals surface area (Å²) < 4.78 is 10.9. The summed E-state index contributed by atoms with van der Waals surface area (Å²) in [5.41, 5.74) is 7.52. The van der Waals surface area contributed by atoms with E-state index in [4.69, 9.17) is 15.2 Å². The third-order valence-electron chi connectivity index (χ3n) is 3.76. The molecule has 0 aromatic heterocycles. The molecule has 0 unspecified atom stereocenters. The number of methoxy groups -OCH3 is 1. The first-order chi connectivity index (χ1) is 9.26. The van der Waals surface area contributed by atoms with E-state index in [0.29, 0.717) is 12.5 Å². The topological polar surface area (TPSA) is 56.5 Å². The molecule has 1 aliphatic rings. The molecule has 0 amide bonds. The van der Waals surface area contributed by atoms with Crippen LogP contribution in [0.4, 0.5) is 0 Å². The number of piperidine rings is 1. The summed E-state index contributed by atoms with van der Waals surface area (Å²) in [5.74, 6) is 2.10. The quantitative estimate of drug-likeness (QED) is 0.855. The molecule has 106 valence electrons. The van der Waals surface area contributed by atoms with Crippen molar-refractivity contribution >= 4 is 0 Å². The van der Waals surface area contributed by atoms with Crippen molar-refractivity contribution in [1.82, 2.24) is 5.32 Å². The Kier molecular flexibility index (Phi) is 5.05. The SMILES string of the molecule is CCOc1ccc([C@H](N)C2CCNCC2)cc1OC. The first-order valence-corrected chi connectivity index (χ1v) is 7.03. The van der Waals surface area contributed by atoms with Crippen molar-refractivity contribution in [3.05, 3.63) is 23.8 Å². The largest absolute Gasteiger partial charge is 0.493 e. The van der Waals surface area contributed by atoms with Crippen LogP contribution >= 0.6 is 0 Å². The van der Waals surface area contributed by atoms with E-state index in [1.807, 2.05) is 19.1 Å². The molecule has 0 bridgehead atoms. The van der Waals surface area contributed by atoms with Gasteiger partial charge >= 0.3 is 0 Å². The molecule has 1 atom stereocenters. The molecule has 1 aliphatic heterocycles. The summed E-state index contributed by atoms with van der Waals surface area (Å²) in [7, 11) is 1.66. The molecule has 1 heterocycles. The van der Waals surface area contributed by atoms with Gasteiger partial charge in [0.05, 0.1) is 13.7 Å². The highest BCUT2D eigenvalue weighted by Gasteiger charge is 2.22. The van der Waals surface area contributed by atoms with Crippen molar-refractivity contribution in [2.45, 2.75) is 25.8 Å². The van der Waals surface area contributed by atoms with E-state index in [0.717, 1.165) is 43.0 Å².